The van der Waals surface area contributed by atoms with Crippen molar-refractivity contribution < 1.29 is 14.6 Å². The number of hydrogen-bond acceptors (Lipinski definition) is 6. The van der Waals surface area contributed by atoms with Crippen LogP contribution in [0.2, 0.25) is 0 Å². The lowest BCUT2D eigenvalue weighted by Crippen LogP contribution is -2.47. The Morgan fingerprint density at radius 2 is 2.16 bits per heavy atom. The van der Waals surface area contributed by atoms with Crippen molar-refractivity contribution in [1.82, 2.24) is 25.4 Å². The second kappa shape index (κ2) is 12.7. The Hall–Kier alpha value is -2.08. The second-order valence-corrected chi connectivity index (χ2v) is 7.11. The van der Waals surface area contributed by atoms with Crippen molar-refractivity contribution in [1.29, 1.82) is 0 Å². The molecule has 1 aliphatic rings. The molecule has 0 bridgehead atoms. The van der Waals surface area contributed by atoms with Gasteiger partial charge < -0.3 is 25.2 Å². The second-order valence-electron chi connectivity index (χ2n) is 7.11. The molecule has 0 saturated carbocycles. The molecule has 10 heteroatoms. The number of rotatable bonds is 9. The van der Waals surface area contributed by atoms with Crippen molar-refractivity contribution in [2.75, 3.05) is 26.9 Å². The third-order valence-electron chi connectivity index (χ3n) is 4.90. The number of methoxy groups -OCH3 is 1. The summed E-state index contributed by atoms with van der Waals surface area (Å²) in [6.45, 7) is 6.40. The summed E-state index contributed by atoms with van der Waals surface area (Å²) in [4.78, 5) is 9.31. The molecule has 0 radical (unpaired) electrons. The van der Waals surface area contributed by atoms with Crippen LogP contribution in [0.1, 0.15) is 37.5 Å². The maximum Gasteiger partial charge on any atom is 0.191 e. The van der Waals surface area contributed by atoms with E-state index in [4.69, 9.17) is 19.6 Å². The van der Waals surface area contributed by atoms with Gasteiger partial charge in [0.1, 0.15) is 12.4 Å². The first-order valence-corrected chi connectivity index (χ1v) is 10.5. The van der Waals surface area contributed by atoms with Crippen LogP contribution in [-0.4, -0.2) is 58.7 Å². The first kappa shape index (κ1) is 25.2. The van der Waals surface area contributed by atoms with Crippen LogP contribution in [0.15, 0.2) is 23.2 Å². The molecular formula is C21H33IN6O3. The van der Waals surface area contributed by atoms with Gasteiger partial charge in [-0.15, -0.1) is 24.0 Å². The third kappa shape index (κ3) is 6.96. The van der Waals surface area contributed by atoms with Crippen LogP contribution in [-0.2, 0) is 25.9 Å². The number of nitrogens with zero attached hydrogens (tertiary/aromatic N) is 4. The van der Waals surface area contributed by atoms with Crippen LogP contribution in [0.3, 0.4) is 0 Å². The van der Waals surface area contributed by atoms with Gasteiger partial charge in [-0.05, 0) is 31.0 Å². The number of aryl methyl sites for hydroxylation is 2. The molecule has 3 rings (SSSR count). The van der Waals surface area contributed by atoms with Gasteiger partial charge in [0.05, 0.1) is 26.8 Å². The Morgan fingerprint density at radius 1 is 1.32 bits per heavy atom. The van der Waals surface area contributed by atoms with E-state index in [1.807, 2.05) is 22.9 Å². The molecule has 0 spiro atoms. The lowest BCUT2D eigenvalue weighted by Gasteiger charge is -2.25. The zero-order valence-corrected chi connectivity index (χ0v) is 20.8. The summed E-state index contributed by atoms with van der Waals surface area (Å²) in [6, 6.07) is 5.97. The monoisotopic (exact) mass is 544 g/mol. The van der Waals surface area contributed by atoms with Gasteiger partial charge >= 0.3 is 0 Å². The molecule has 1 aromatic heterocycles. The molecule has 0 fully saturated rings. The van der Waals surface area contributed by atoms with Gasteiger partial charge in [0.15, 0.2) is 23.3 Å². The number of benzene rings is 1. The summed E-state index contributed by atoms with van der Waals surface area (Å²) < 4.78 is 12.9. The van der Waals surface area contributed by atoms with E-state index in [-0.39, 0.29) is 43.2 Å². The maximum absolute atomic E-state index is 8.94. The van der Waals surface area contributed by atoms with Crippen LogP contribution in [0.4, 0.5) is 0 Å². The number of aromatic nitrogens is 3. The zero-order chi connectivity index (χ0) is 21.3. The fraction of sp³-hybridized carbons (Fsp3) is 0.571. The third-order valence-corrected chi connectivity index (χ3v) is 4.90. The minimum atomic E-state index is -0.0378. The SMILES string of the molecule is CCNC(=NCc1ccc(OCCO)c(OC)c1)NC1CCc2nc(CC)nn2C1.I. The van der Waals surface area contributed by atoms with Crippen molar-refractivity contribution in [3.8, 4) is 11.5 Å². The van der Waals surface area contributed by atoms with Gasteiger partial charge in [0.2, 0.25) is 0 Å². The summed E-state index contributed by atoms with van der Waals surface area (Å²) in [7, 11) is 1.60. The summed E-state index contributed by atoms with van der Waals surface area (Å²) in [6.07, 6.45) is 2.77. The number of halogens is 1. The number of hydrogen-bond donors (Lipinski definition) is 3. The molecule has 0 aliphatic carbocycles. The van der Waals surface area contributed by atoms with E-state index >= 15 is 0 Å². The quantitative estimate of drug-likeness (QED) is 0.252. The van der Waals surface area contributed by atoms with E-state index in [0.717, 1.165) is 55.5 Å². The molecule has 3 N–H and O–H groups in total. The number of aliphatic hydroxyl groups excluding tert-OH is 1. The first-order valence-electron chi connectivity index (χ1n) is 10.5. The van der Waals surface area contributed by atoms with Gasteiger partial charge in [-0.3, -0.25) is 0 Å². The predicted octanol–water partition coefficient (Wildman–Crippen LogP) is 1.91. The highest BCUT2D eigenvalue weighted by molar-refractivity contribution is 14.0. The highest BCUT2D eigenvalue weighted by Crippen LogP contribution is 2.28. The Kier molecular flexibility index (Phi) is 10.3. The molecule has 1 aromatic carbocycles. The minimum Gasteiger partial charge on any atom is -0.493 e. The van der Waals surface area contributed by atoms with Crippen molar-refractivity contribution >= 4 is 29.9 Å². The van der Waals surface area contributed by atoms with E-state index in [0.29, 0.717) is 18.0 Å². The normalized spacial score (nSPS) is 15.6. The molecule has 31 heavy (non-hydrogen) atoms. The van der Waals surface area contributed by atoms with Gasteiger partial charge in [0, 0.05) is 25.4 Å². The van der Waals surface area contributed by atoms with Crippen LogP contribution in [0.25, 0.3) is 0 Å². The predicted molar refractivity (Wildman–Crippen MR) is 130 cm³/mol. The van der Waals surface area contributed by atoms with Crippen molar-refractivity contribution in [3.63, 3.8) is 0 Å². The average Bonchev–Trinajstić information content (AvgIpc) is 3.19. The van der Waals surface area contributed by atoms with Gasteiger partial charge in [0.25, 0.3) is 0 Å². The highest BCUT2D eigenvalue weighted by Gasteiger charge is 2.22. The van der Waals surface area contributed by atoms with Gasteiger partial charge in [-0.1, -0.05) is 13.0 Å². The van der Waals surface area contributed by atoms with Gasteiger partial charge in [-0.25, -0.2) is 14.7 Å². The first-order chi connectivity index (χ1) is 14.7. The molecular weight excluding hydrogens is 511 g/mol. The Labute approximate surface area is 200 Å². The van der Waals surface area contributed by atoms with E-state index in [9.17, 15) is 0 Å². The van der Waals surface area contributed by atoms with Crippen molar-refractivity contribution in [3.05, 3.63) is 35.4 Å². The lowest BCUT2D eigenvalue weighted by atomic mass is 10.1. The minimum absolute atomic E-state index is 0. The van der Waals surface area contributed by atoms with Crippen LogP contribution in [0, 0.1) is 0 Å². The number of guanidine groups is 1. The lowest BCUT2D eigenvalue weighted by molar-refractivity contribution is 0.196. The molecule has 1 aliphatic heterocycles. The Balaban J connectivity index is 0.00000341. The number of aliphatic hydroxyl groups is 1. The Morgan fingerprint density at radius 3 is 2.87 bits per heavy atom. The number of aliphatic imine (C=N–C) groups is 1. The van der Waals surface area contributed by atoms with E-state index in [1.165, 1.54) is 0 Å². The van der Waals surface area contributed by atoms with E-state index < -0.39 is 0 Å². The average molecular weight is 544 g/mol. The van der Waals surface area contributed by atoms with Crippen LogP contribution < -0.4 is 20.1 Å². The summed E-state index contributed by atoms with van der Waals surface area (Å²) in [5.74, 6) is 4.00. The molecule has 1 unspecified atom stereocenters. The molecule has 0 amide bonds. The van der Waals surface area contributed by atoms with E-state index in [1.54, 1.807) is 7.11 Å². The number of nitrogens with one attached hydrogen (secondary N) is 2. The topological polar surface area (TPSA) is 106 Å². The molecule has 0 saturated heterocycles. The Bertz CT molecular complexity index is 858. The van der Waals surface area contributed by atoms with Crippen LogP contribution in [0.5, 0.6) is 11.5 Å². The number of fused-ring (bicyclic) bond motifs is 1. The molecule has 1 atom stereocenters. The van der Waals surface area contributed by atoms with Gasteiger partial charge in [-0.2, -0.15) is 5.10 Å². The smallest absolute Gasteiger partial charge is 0.191 e. The molecule has 2 aromatic rings. The fourth-order valence-electron chi connectivity index (χ4n) is 3.40. The van der Waals surface area contributed by atoms with Crippen molar-refractivity contribution in [2.24, 2.45) is 4.99 Å². The summed E-state index contributed by atoms with van der Waals surface area (Å²) in [5, 5.41) is 20.4. The van der Waals surface area contributed by atoms with Crippen molar-refractivity contribution in [2.45, 2.75) is 52.2 Å². The van der Waals surface area contributed by atoms with E-state index in [2.05, 4.69) is 34.6 Å². The highest BCUT2D eigenvalue weighted by atomic mass is 127. The largest absolute Gasteiger partial charge is 0.493 e. The molecule has 2 heterocycles. The summed E-state index contributed by atoms with van der Waals surface area (Å²) >= 11 is 0. The molecule has 9 nitrogen and oxygen atoms in total. The zero-order valence-electron chi connectivity index (χ0n) is 18.4. The van der Waals surface area contributed by atoms with Crippen LogP contribution >= 0.6 is 24.0 Å². The fourth-order valence-corrected chi connectivity index (χ4v) is 3.40. The maximum atomic E-state index is 8.94. The standard InChI is InChI=1S/C21H32N6O3.HI/c1-4-19-25-20-9-7-16(14-27(20)26-19)24-21(22-5-2)23-13-15-6-8-17(30-11-10-28)18(12-15)29-3;/h6,8,12,16,28H,4-5,7,9-11,13-14H2,1-3H3,(H2,22,23,24);1H. The number of ether oxygens (including phenoxy) is 2. The molecule has 172 valence electrons. The summed E-state index contributed by atoms with van der Waals surface area (Å²) in [5.41, 5.74) is 1.01.